The average Bonchev–Trinajstić information content (AvgIpc) is 3.39. The zero-order chi connectivity index (χ0) is 20.4. The Kier molecular flexibility index (Phi) is 5.67. The van der Waals surface area contributed by atoms with Crippen molar-refractivity contribution in [3.05, 3.63) is 64.1 Å². The van der Waals surface area contributed by atoms with E-state index in [4.69, 9.17) is 0 Å². The SMILES string of the molecule is O=C(Nc1ccc(C(=O)N2CCC[C@@H]2C(=O)NC2CC2)cc1)c1ccc(Br)cc1. The minimum absolute atomic E-state index is 0.0447. The number of hydrogen-bond donors (Lipinski definition) is 2. The number of nitrogens with zero attached hydrogens (tertiary/aromatic N) is 1. The summed E-state index contributed by atoms with van der Waals surface area (Å²) in [6.45, 7) is 0.587. The van der Waals surface area contributed by atoms with Gasteiger partial charge in [0, 0.05) is 33.9 Å². The third-order valence-electron chi connectivity index (χ3n) is 5.24. The smallest absolute Gasteiger partial charge is 0.255 e. The first-order valence-electron chi connectivity index (χ1n) is 9.79. The lowest BCUT2D eigenvalue weighted by Gasteiger charge is -2.24. The van der Waals surface area contributed by atoms with Crippen LogP contribution in [0.3, 0.4) is 0 Å². The Hall–Kier alpha value is -2.67. The van der Waals surface area contributed by atoms with Crippen LogP contribution < -0.4 is 10.6 Å². The van der Waals surface area contributed by atoms with E-state index in [1.165, 1.54) is 0 Å². The molecule has 4 rings (SSSR count). The third kappa shape index (κ3) is 4.67. The van der Waals surface area contributed by atoms with Crippen LogP contribution in [0, 0.1) is 0 Å². The van der Waals surface area contributed by atoms with Crippen molar-refractivity contribution in [2.24, 2.45) is 0 Å². The van der Waals surface area contributed by atoms with Crippen LogP contribution in [0.2, 0.25) is 0 Å². The van der Waals surface area contributed by atoms with E-state index in [9.17, 15) is 14.4 Å². The van der Waals surface area contributed by atoms with E-state index >= 15 is 0 Å². The summed E-state index contributed by atoms with van der Waals surface area (Å²) < 4.78 is 0.906. The van der Waals surface area contributed by atoms with Gasteiger partial charge in [-0.2, -0.15) is 0 Å². The Morgan fingerprint density at radius 2 is 1.55 bits per heavy atom. The van der Waals surface area contributed by atoms with Crippen LogP contribution in [0.4, 0.5) is 5.69 Å². The average molecular weight is 456 g/mol. The topological polar surface area (TPSA) is 78.5 Å². The summed E-state index contributed by atoms with van der Waals surface area (Å²) >= 11 is 3.35. The number of amides is 3. The van der Waals surface area contributed by atoms with Gasteiger partial charge in [-0.1, -0.05) is 15.9 Å². The highest BCUT2D eigenvalue weighted by atomic mass is 79.9. The van der Waals surface area contributed by atoms with Gasteiger partial charge in [-0.25, -0.2) is 0 Å². The third-order valence-corrected chi connectivity index (χ3v) is 5.76. The Balaban J connectivity index is 1.40. The molecule has 150 valence electrons. The number of hydrogen-bond acceptors (Lipinski definition) is 3. The second-order valence-electron chi connectivity index (χ2n) is 7.48. The predicted molar refractivity (Wildman–Crippen MR) is 114 cm³/mol. The van der Waals surface area contributed by atoms with Crippen LogP contribution in [-0.4, -0.2) is 41.2 Å². The molecule has 1 heterocycles. The molecule has 0 radical (unpaired) electrons. The lowest BCUT2D eigenvalue weighted by molar-refractivity contribution is -0.125. The second-order valence-corrected chi connectivity index (χ2v) is 8.39. The molecule has 0 bridgehead atoms. The molecule has 1 atom stereocenters. The molecule has 7 heteroatoms. The van der Waals surface area contributed by atoms with E-state index in [0.717, 1.165) is 23.7 Å². The van der Waals surface area contributed by atoms with E-state index in [1.807, 2.05) is 12.1 Å². The number of likely N-dealkylation sites (tertiary alicyclic amines) is 1. The molecule has 2 aliphatic rings. The van der Waals surface area contributed by atoms with Gasteiger partial charge in [0.25, 0.3) is 11.8 Å². The Bertz CT molecular complexity index is 923. The molecular weight excluding hydrogens is 434 g/mol. The normalized spacial score (nSPS) is 18.4. The summed E-state index contributed by atoms with van der Waals surface area (Å²) in [6.07, 6.45) is 3.58. The van der Waals surface area contributed by atoms with E-state index in [0.29, 0.717) is 29.8 Å². The molecule has 0 spiro atoms. The molecule has 1 aliphatic carbocycles. The highest BCUT2D eigenvalue weighted by Crippen LogP contribution is 2.24. The first-order valence-corrected chi connectivity index (χ1v) is 10.6. The monoisotopic (exact) mass is 455 g/mol. The predicted octanol–water partition coefficient (Wildman–Crippen LogP) is 3.58. The molecule has 2 fully saturated rings. The molecule has 29 heavy (non-hydrogen) atoms. The standard InChI is InChI=1S/C22H22BrN3O3/c23-16-7-3-14(4-8-16)20(27)24-17-9-5-15(6-10-17)22(29)26-13-1-2-19(26)21(28)25-18-11-12-18/h3-10,18-19H,1-2,11-13H2,(H,24,27)(H,25,28)/t19-/m1/s1. The van der Waals surface area contributed by atoms with Crippen molar-refractivity contribution in [2.45, 2.75) is 37.8 Å². The fourth-order valence-electron chi connectivity index (χ4n) is 3.47. The number of benzene rings is 2. The molecular formula is C22H22BrN3O3. The summed E-state index contributed by atoms with van der Waals surface area (Å²) in [4.78, 5) is 39.3. The number of carbonyl (C=O) groups is 3. The molecule has 2 aromatic carbocycles. The summed E-state index contributed by atoms with van der Waals surface area (Å²) in [5, 5.41) is 5.82. The molecule has 2 aromatic rings. The molecule has 2 N–H and O–H groups in total. The maximum atomic E-state index is 12.9. The summed E-state index contributed by atoms with van der Waals surface area (Å²) in [6, 6.07) is 13.8. The number of nitrogens with one attached hydrogen (secondary N) is 2. The fraction of sp³-hybridized carbons (Fsp3) is 0.318. The van der Waals surface area contributed by atoms with Crippen molar-refractivity contribution in [1.82, 2.24) is 10.2 Å². The van der Waals surface area contributed by atoms with Crippen LogP contribution in [0.1, 0.15) is 46.4 Å². The van der Waals surface area contributed by atoms with Gasteiger partial charge in [-0.3, -0.25) is 14.4 Å². The van der Waals surface area contributed by atoms with Crippen molar-refractivity contribution in [3.8, 4) is 0 Å². The number of rotatable bonds is 5. The zero-order valence-corrected chi connectivity index (χ0v) is 17.4. The Labute approximate surface area is 177 Å². The van der Waals surface area contributed by atoms with Gasteiger partial charge < -0.3 is 15.5 Å². The molecule has 6 nitrogen and oxygen atoms in total. The van der Waals surface area contributed by atoms with Crippen LogP contribution in [0.15, 0.2) is 53.0 Å². The Morgan fingerprint density at radius 3 is 2.21 bits per heavy atom. The van der Waals surface area contributed by atoms with Gasteiger partial charge in [0.15, 0.2) is 0 Å². The molecule has 1 saturated carbocycles. The Morgan fingerprint density at radius 1 is 0.897 bits per heavy atom. The summed E-state index contributed by atoms with van der Waals surface area (Å²) in [7, 11) is 0. The van der Waals surface area contributed by atoms with Crippen molar-refractivity contribution in [3.63, 3.8) is 0 Å². The van der Waals surface area contributed by atoms with E-state index in [1.54, 1.807) is 41.3 Å². The highest BCUT2D eigenvalue weighted by Gasteiger charge is 2.36. The van der Waals surface area contributed by atoms with Gasteiger partial charge in [0.1, 0.15) is 6.04 Å². The number of carbonyl (C=O) groups excluding carboxylic acids is 3. The van der Waals surface area contributed by atoms with Gasteiger partial charge >= 0.3 is 0 Å². The van der Waals surface area contributed by atoms with Crippen molar-refractivity contribution in [1.29, 1.82) is 0 Å². The molecule has 0 aromatic heterocycles. The quantitative estimate of drug-likeness (QED) is 0.722. The van der Waals surface area contributed by atoms with E-state index in [-0.39, 0.29) is 29.8 Å². The molecule has 3 amide bonds. The maximum absolute atomic E-state index is 12.9. The van der Waals surface area contributed by atoms with Crippen LogP contribution >= 0.6 is 15.9 Å². The fourth-order valence-corrected chi connectivity index (χ4v) is 3.74. The van der Waals surface area contributed by atoms with Crippen LogP contribution in [0.5, 0.6) is 0 Å². The van der Waals surface area contributed by atoms with Crippen molar-refractivity contribution >= 4 is 39.3 Å². The first kappa shape index (κ1) is 19.6. The maximum Gasteiger partial charge on any atom is 0.255 e. The largest absolute Gasteiger partial charge is 0.352 e. The number of halogens is 1. The second kappa shape index (κ2) is 8.37. The first-order chi connectivity index (χ1) is 14.0. The van der Waals surface area contributed by atoms with Crippen LogP contribution in [-0.2, 0) is 4.79 Å². The molecule has 0 unspecified atom stereocenters. The van der Waals surface area contributed by atoms with Gasteiger partial charge in [0.2, 0.25) is 5.91 Å². The summed E-state index contributed by atoms with van der Waals surface area (Å²) in [5.41, 5.74) is 1.67. The van der Waals surface area contributed by atoms with Gasteiger partial charge in [-0.05, 0) is 74.2 Å². The minimum atomic E-state index is -0.389. The van der Waals surface area contributed by atoms with Gasteiger partial charge in [0.05, 0.1) is 0 Å². The van der Waals surface area contributed by atoms with E-state index in [2.05, 4.69) is 26.6 Å². The minimum Gasteiger partial charge on any atom is -0.352 e. The molecule has 1 saturated heterocycles. The number of anilines is 1. The molecule has 1 aliphatic heterocycles. The highest BCUT2D eigenvalue weighted by molar-refractivity contribution is 9.10. The van der Waals surface area contributed by atoms with E-state index < -0.39 is 0 Å². The lowest BCUT2D eigenvalue weighted by Crippen LogP contribution is -2.46. The summed E-state index contributed by atoms with van der Waals surface area (Å²) in [5.74, 6) is -0.408. The van der Waals surface area contributed by atoms with Crippen molar-refractivity contribution in [2.75, 3.05) is 11.9 Å². The zero-order valence-electron chi connectivity index (χ0n) is 15.9. The lowest BCUT2D eigenvalue weighted by atomic mass is 10.1. The van der Waals surface area contributed by atoms with Crippen LogP contribution in [0.25, 0.3) is 0 Å². The van der Waals surface area contributed by atoms with Crippen molar-refractivity contribution < 1.29 is 14.4 Å². The van der Waals surface area contributed by atoms with Gasteiger partial charge in [-0.15, -0.1) is 0 Å².